The van der Waals surface area contributed by atoms with Gasteiger partial charge in [0.2, 0.25) is 0 Å². The minimum Gasteiger partial charge on any atom is -0.491 e. The van der Waals surface area contributed by atoms with E-state index in [1.807, 2.05) is 0 Å². The molecule has 162 valence electrons. The molecule has 0 saturated carbocycles. The van der Waals surface area contributed by atoms with E-state index in [-0.39, 0.29) is 55.5 Å². The summed E-state index contributed by atoms with van der Waals surface area (Å²) in [6.45, 7) is 0.288. The van der Waals surface area contributed by atoms with Crippen LogP contribution in [0.3, 0.4) is 0 Å². The summed E-state index contributed by atoms with van der Waals surface area (Å²) in [6, 6.07) is 6.86. The van der Waals surface area contributed by atoms with E-state index in [1.165, 1.54) is 22.8 Å². The Morgan fingerprint density at radius 1 is 0.967 bits per heavy atom. The van der Waals surface area contributed by atoms with Gasteiger partial charge in [-0.1, -0.05) is 0 Å². The second-order valence-corrected chi connectivity index (χ2v) is 5.89. The lowest BCUT2D eigenvalue weighted by Crippen LogP contribution is -2.27. The Hall–Kier alpha value is -3.44. The van der Waals surface area contributed by atoms with Crippen LogP contribution < -0.4 is 20.3 Å². The summed E-state index contributed by atoms with van der Waals surface area (Å²) in [4.78, 5) is 22.2. The molecule has 0 unspecified atom stereocenters. The van der Waals surface area contributed by atoms with Gasteiger partial charge in [-0.3, -0.25) is 10.7 Å². The number of carboxylic acids is 2. The molecule has 2 aromatic rings. The molecule has 1 heterocycles. The number of rotatable bonds is 13. The molecule has 0 aliphatic carbocycles. The summed E-state index contributed by atoms with van der Waals surface area (Å²) < 4.78 is 29.9. The van der Waals surface area contributed by atoms with Crippen molar-refractivity contribution in [2.75, 3.05) is 33.2 Å². The fraction of sp³-hybridized carbons (Fsp3) is 0.316. The smallest absolute Gasteiger partial charge is 0.336 e. The number of hydrogen-bond donors (Lipinski definition) is 4. The largest absolute Gasteiger partial charge is 0.491 e. The van der Waals surface area contributed by atoms with Crippen LogP contribution >= 0.6 is 0 Å². The summed E-state index contributed by atoms with van der Waals surface area (Å²) in [5, 5.41) is 28.3. The molecule has 0 spiro atoms. The van der Waals surface area contributed by atoms with Gasteiger partial charge in [-0.05, 0) is 30.3 Å². The lowest BCUT2D eigenvalue weighted by molar-refractivity contribution is 0.0649. The van der Waals surface area contributed by atoms with Crippen molar-refractivity contribution in [2.24, 2.45) is 0 Å². The predicted octanol–water partition coefficient (Wildman–Crippen LogP) is 1.31. The number of aromatic nitrogens is 1. The van der Waals surface area contributed by atoms with Gasteiger partial charge in [0.25, 0.3) is 0 Å². The molecule has 1 aromatic heterocycles. The van der Waals surface area contributed by atoms with Crippen LogP contribution in [0.15, 0.2) is 36.5 Å². The van der Waals surface area contributed by atoms with Gasteiger partial charge < -0.3 is 29.0 Å². The number of benzene rings is 1. The van der Waals surface area contributed by atoms with Crippen molar-refractivity contribution in [1.29, 1.82) is 5.41 Å². The number of hydrogen-bond acceptors (Lipinski definition) is 7. The number of carboxylic acid groups (broad SMARTS) is 2. The Labute approximate surface area is 170 Å². The molecule has 11 heteroatoms. The van der Waals surface area contributed by atoms with E-state index in [0.29, 0.717) is 5.75 Å². The number of pyridine rings is 1. The Morgan fingerprint density at radius 2 is 1.60 bits per heavy atom. The first-order valence-electron chi connectivity index (χ1n) is 8.88. The number of nitrogens with one attached hydrogen (secondary N) is 2. The Balaban J connectivity index is 1.71. The minimum absolute atomic E-state index is 0.133. The van der Waals surface area contributed by atoms with E-state index < -0.39 is 18.7 Å². The minimum atomic E-state index is -1.36. The Kier molecular flexibility index (Phi) is 8.78. The van der Waals surface area contributed by atoms with Gasteiger partial charge in [0.1, 0.15) is 37.0 Å². The highest BCUT2D eigenvalue weighted by atomic mass is 19.1. The van der Waals surface area contributed by atoms with Crippen molar-refractivity contribution in [3.05, 3.63) is 53.1 Å². The normalized spacial score (nSPS) is 10.6. The van der Waals surface area contributed by atoms with Crippen molar-refractivity contribution in [3.63, 3.8) is 0 Å². The quantitative estimate of drug-likeness (QED) is 0.279. The molecular formula is C19H22FN3O7. The number of carbonyl (C=O) groups is 2. The van der Waals surface area contributed by atoms with Crippen molar-refractivity contribution in [3.8, 4) is 11.5 Å². The van der Waals surface area contributed by atoms with Crippen LogP contribution in [0.25, 0.3) is 0 Å². The molecule has 1 aromatic carbocycles. The molecule has 10 nitrogen and oxygen atoms in total. The second-order valence-electron chi connectivity index (χ2n) is 5.89. The van der Waals surface area contributed by atoms with E-state index in [4.69, 9.17) is 29.8 Å². The number of nitrogens with zero attached hydrogens (tertiary/aromatic N) is 1. The summed E-state index contributed by atoms with van der Waals surface area (Å²) in [5.74, 6) is -1.96. The predicted molar refractivity (Wildman–Crippen MR) is 102 cm³/mol. The molecule has 0 radical (unpaired) electrons. The first-order chi connectivity index (χ1) is 14.4. The maximum atomic E-state index is 12.2. The number of halogens is 1. The maximum absolute atomic E-state index is 12.2. The number of alkyl halides is 1. The van der Waals surface area contributed by atoms with Gasteiger partial charge in [-0.15, -0.1) is 0 Å². The van der Waals surface area contributed by atoms with Gasteiger partial charge in [-0.25, -0.2) is 14.0 Å². The molecule has 0 aliphatic heterocycles. The van der Waals surface area contributed by atoms with Crippen molar-refractivity contribution in [1.82, 2.24) is 9.88 Å². The monoisotopic (exact) mass is 423 g/mol. The van der Waals surface area contributed by atoms with Crippen LogP contribution in [-0.2, 0) is 11.4 Å². The average molecular weight is 423 g/mol. The first-order valence-corrected chi connectivity index (χ1v) is 8.88. The Bertz CT molecular complexity index is 933. The zero-order chi connectivity index (χ0) is 21.9. The second kappa shape index (κ2) is 11.5. The highest BCUT2D eigenvalue weighted by molar-refractivity contribution is 6.01. The molecular weight excluding hydrogens is 401 g/mol. The zero-order valence-corrected chi connectivity index (χ0v) is 16.0. The van der Waals surface area contributed by atoms with E-state index in [0.717, 1.165) is 6.07 Å². The van der Waals surface area contributed by atoms with E-state index in [2.05, 4.69) is 5.32 Å². The summed E-state index contributed by atoms with van der Waals surface area (Å²) in [6.07, 6.45) is 1.58. The average Bonchev–Trinajstić information content (AvgIpc) is 2.72. The van der Waals surface area contributed by atoms with Gasteiger partial charge in [0, 0.05) is 6.20 Å². The molecule has 2 rings (SSSR count). The van der Waals surface area contributed by atoms with Gasteiger partial charge >= 0.3 is 11.9 Å². The van der Waals surface area contributed by atoms with Gasteiger partial charge in [0.15, 0.2) is 0 Å². The van der Waals surface area contributed by atoms with Crippen LogP contribution in [-0.4, -0.2) is 59.9 Å². The van der Waals surface area contributed by atoms with Crippen molar-refractivity contribution in [2.45, 2.75) is 6.67 Å². The third kappa shape index (κ3) is 6.87. The topological polar surface area (TPSA) is 143 Å². The van der Waals surface area contributed by atoms with Crippen molar-refractivity contribution >= 4 is 11.9 Å². The first kappa shape index (κ1) is 22.8. The zero-order valence-electron chi connectivity index (χ0n) is 16.0. The van der Waals surface area contributed by atoms with Crippen LogP contribution in [0, 0.1) is 5.41 Å². The van der Waals surface area contributed by atoms with Crippen LogP contribution in [0.4, 0.5) is 4.39 Å². The fourth-order valence-electron chi connectivity index (χ4n) is 2.42. The Morgan fingerprint density at radius 3 is 2.23 bits per heavy atom. The standard InChI is InChI=1S/C19H22FN3O7/c20-11-22-12-23-10-14(2-4-17(23)21)30-8-6-28-5-7-29-13-1-3-15(18(24)25)16(9-13)19(26)27/h1-4,9-10,21-22H,5-8,11-12H2,(H,24,25)(H,26,27). The third-order valence-corrected chi connectivity index (χ3v) is 3.82. The molecule has 0 atom stereocenters. The lowest BCUT2D eigenvalue weighted by atomic mass is 10.1. The molecule has 0 aliphatic rings. The number of aromatic carboxylic acids is 2. The van der Waals surface area contributed by atoms with Gasteiger partial charge in [-0.2, -0.15) is 0 Å². The van der Waals surface area contributed by atoms with E-state index >= 15 is 0 Å². The number of ether oxygens (including phenoxy) is 3. The highest BCUT2D eigenvalue weighted by Crippen LogP contribution is 2.18. The van der Waals surface area contributed by atoms with E-state index in [1.54, 1.807) is 12.3 Å². The summed E-state index contributed by atoms with van der Waals surface area (Å²) >= 11 is 0. The molecule has 30 heavy (non-hydrogen) atoms. The van der Waals surface area contributed by atoms with Crippen LogP contribution in [0.5, 0.6) is 11.5 Å². The van der Waals surface area contributed by atoms with E-state index in [9.17, 15) is 14.0 Å². The van der Waals surface area contributed by atoms with Gasteiger partial charge in [0.05, 0.1) is 31.0 Å². The fourth-order valence-corrected chi connectivity index (χ4v) is 2.42. The maximum Gasteiger partial charge on any atom is 0.336 e. The summed E-state index contributed by atoms with van der Waals surface area (Å²) in [5.41, 5.74) is -0.463. The molecule has 0 saturated heterocycles. The SMILES string of the molecule is N=c1ccc(OCCOCCOc2ccc(C(=O)O)c(C(=O)O)c2)cn1CNCF. The molecule has 0 bridgehead atoms. The lowest BCUT2D eigenvalue weighted by Gasteiger charge is -2.11. The van der Waals surface area contributed by atoms with Crippen molar-refractivity contribution < 1.29 is 38.4 Å². The molecule has 0 fully saturated rings. The highest BCUT2D eigenvalue weighted by Gasteiger charge is 2.16. The van der Waals surface area contributed by atoms with Crippen LogP contribution in [0.1, 0.15) is 20.7 Å². The molecule has 0 amide bonds. The summed E-state index contributed by atoms with van der Waals surface area (Å²) in [7, 11) is 0. The molecule has 4 N–H and O–H groups in total. The third-order valence-electron chi connectivity index (χ3n) is 3.82. The van der Waals surface area contributed by atoms with Crippen LogP contribution in [0.2, 0.25) is 0 Å².